The Morgan fingerprint density at radius 2 is 1.80 bits per heavy atom. The lowest BCUT2D eigenvalue weighted by molar-refractivity contribution is 0.0902. The van der Waals surface area contributed by atoms with Crippen molar-refractivity contribution in [3.05, 3.63) is 66.7 Å². The van der Waals surface area contributed by atoms with Gasteiger partial charge in [-0.2, -0.15) is 0 Å². The zero-order valence-electron chi connectivity index (χ0n) is 17.3. The summed E-state index contributed by atoms with van der Waals surface area (Å²) in [5.41, 5.74) is 2.84. The predicted molar refractivity (Wildman–Crippen MR) is 118 cm³/mol. The third-order valence-electron chi connectivity index (χ3n) is 4.60. The summed E-state index contributed by atoms with van der Waals surface area (Å²) in [7, 11) is 0. The van der Waals surface area contributed by atoms with Gasteiger partial charge in [0.15, 0.2) is 0 Å². The number of nitrogens with one attached hydrogen (secondary N) is 2. The van der Waals surface area contributed by atoms with E-state index in [9.17, 15) is 4.79 Å². The number of hydrogen-bond donors (Lipinski definition) is 2. The molecule has 1 aliphatic rings. The summed E-state index contributed by atoms with van der Waals surface area (Å²) in [6.07, 6.45) is 6.73. The number of amides is 1. The van der Waals surface area contributed by atoms with Crippen molar-refractivity contribution in [1.82, 2.24) is 15.0 Å². The molecule has 3 heterocycles. The fourth-order valence-electron chi connectivity index (χ4n) is 3.13. The van der Waals surface area contributed by atoms with Crippen LogP contribution in [-0.4, -0.2) is 40.1 Å². The number of hydrogen-bond acceptors (Lipinski definition) is 6. The highest BCUT2D eigenvalue weighted by Crippen LogP contribution is 2.27. The molecule has 0 atom stereocenters. The lowest BCUT2D eigenvalue weighted by atomic mass is 10.1. The third kappa shape index (κ3) is 5.61. The normalized spacial score (nSPS) is 13.7. The summed E-state index contributed by atoms with van der Waals surface area (Å²) in [4.78, 5) is 25.5. The van der Waals surface area contributed by atoms with Crippen LogP contribution < -0.4 is 10.6 Å². The maximum absolute atomic E-state index is 12.8. The molecule has 7 nitrogen and oxygen atoms in total. The Bertz CT molecular complexity index is 943. The molecule has 0 unspecified atom stereocenters. The first-order valence-electron chi connectivity index (χ1n) is 10.3. The molecular weight excluding hydrogens is 378 g/mol. The maximum atomic E-state index is 12.8. The van der Waals surface area contributed by atoms with Crippen LogP contribution in [0, 0.1) is 0 Å². The molecule has 0 spiro atoms. The van der Waals surface area contributed by atoms with Crippen LogP contribution in [0.1, 0.15) is 37.2 Å². The van der Waals surface area contributed by atoms with Gasteiger partial charge in [-0.3, -0.25) is 9.78 Å². The highest BCUT2D eigenvalue weighted by molar-refractivity contribution is 6.05. The van der Waals surface area contributed by atoms with Crippen molar-refractivity contribution in [2.24, 2.45) is 0 Å². The zero-order chi connectivity index (χ0) is 21.2. The number of anilines is 2. The van der Waals surface area contributed by atoms with E-state index >= 15 is 0 Å². The Kier molecular flexibility index (Phi) is 7.86. The zero-order valence-corrected chi connectivity index (χ0v) is 17.3. The molecule has 1 aromatic carbocycles. The molecule has 30 heavy (non-hydrogen) atoms. The summed E-state index contributed by atoms with van der Waals surface area (Å²) in [6, 6.07) is 13.6. The number of carbonyl (C=O) groups is 1. The number of carbonyl (C=O) groups excluding carboxylic acids is 1. The fourth-order valence-corrected chi connectivity index (χ4v) is 3.13. The van der Waals surface area contributed by atoms with Crippen molar-refractivity contribution in [2.75, 3.05) is 23.8 Å². The molecule has 1 amide bonds. The van der Waals surface area contributed by atoms with Crippen LogP contribution in [0.25, 0.3) is 11.1 Å². The Balaban J connectivity index is 0.00000124. The average molecular weight is 406 g/mol. The van der Waals surface area contributed by atoms with Gasteiger partial charge >= 0.3 is 0 Å². The van der Waals surface area contributed by atoms with Gasteiger partial charge in [-0.15, -0.1) is 0 Å². The first-order valence-corrected chi connectivity index (χ1v) is 10.3. The summed E-state index contributed by atoms with van der Waals surface area (Å²) >= 11 is 0. The monoisotopic (exact) mass is 405 g/mol. The van der Waals surface area contributed by atoms with Gasteiger partial charge in [0.2, 0.25) is 5.95 Å². The second kappa shape index (κ2) is 11.0. The molecule has 1 fully saturated rings. The molecule has 0 saturated carbocycles. The van der Waals surface area contributed by atoms with Crippen molar-refractivity contribution in [3.63, 3.8) is 0 Å². The molecule has 2 aromatic heterocycles. The number of ether oxygens (including phenoxy) is 1. The number of rotatable bonds is 5. The minimum absolute atomic E-state index is 0.259. The number of benzene rings is 1. The first-order chi connectivity index (χ1) is 14.8. The molecule has 1 saturated heterocycles. The van der Waals surface area contributed by atoms with Gasteiger partial charge in [-0.25, -0.2) is 9.97 Å². The molecule has 4 rings (SSSR count). The number of nitrogens with zero attached hydrogens (tertiary/aromatic N) is 3. The molecule has 2 N–H and O–H groups in total. The van der Waals surface area contributed by atoms with E-state index in [-0.39, 0.29) is 11.9 Å². The van der Waals surface area contributed by atoms with Crippen molar-refractivity contribution in [2.45, 2.75) is 32.7 Å². The molecule has 3 aromatic rings. The summed E-state index contributed by atoms with van der Waals surface area (Å²) in [5.74, 6) is 0.150. The minimum Gasteiger partial charge on any atom is -0.381 e. The van der Waals surface area contributed by atoms with Gasteiger partial charge in [0.25, 0.3) is 5.91 Å². The highest BCUT2D eigenvalue weighted by atomic mass is 16.5. The topological polar surface area (TPSA) is 89.0 Å². The van der Waals surface area contributed by atoms with Gasteiger partial charge in [0.1, 0.15) is 5.69 Å². The van der Waals surface area contributed by atoms with Crippen LogP contribution in [0.2, 0.25) is 0 Å². The Morgan fingerprint density at radius 1 is 1.03 bits per heavy atom. The SMILES string of the molecule is CC.O=C(Nc1cnccc1-c1ccccc1)c1ccnc(NC2CCOCC2)n1. The van der Waals surface area contributed by atoms with Gasteiger partial charge in [0, 0.05) is 37.2 Å². The summed E-state index contributed by atoms with van der Waals surface area (Å²) < 4.78 is 5.36. The van der Waals surface area contributed by atoms with Crippen LogP contribution >= 0.6 is 0 Å². The summed E-state index contributed by atoms with van der Waals surface area (Å²) in [5, 5.41) is 6.20. The summed E-state index contributed by atoms with van der Waals surface area (Å²) in [6.45, 7) is 5.45. The molecular formula is C23H27N5O2. The van der Waals surface area contributed by atoms with Gasteiger partial charge in [-0.05, 0) is 30.5 Å². The average Bonchev–Trinajstić information content (AvgIpc) is 2.82. The van der Waals surface area contributed by atoms with Crippen LogP contribution in [0.15, 0.2) is 61.1 Å². The highest BCUT2D eigenvalue weighted by Gasteiger charge is 2.16. The minimum atomic E-state index is -0.303. The molecule has 0 radical (unpaired) electrons. The standard InChI is InChI=1S/C21H21N5O2.C2H6/c27-20(18-7-11-23-21(26-18)24-16-8-12-28-13-9-16)25-19-14-22-10-6-17(19)15-4-2-1-3-5-15;1-2/h1-7,10-11,14,16H,8-9,12-13H2,(H,25,27)(H,23,24,26);1-2H3. The second-order valence-corrected chi connectivity index (χ2v) is 6.54. The van der Waals surface area contributed by atoms with Crippen molar-refractivity contribution >= 4 is 17.5 Å². The van der Waals surface area contributed by atoms with Gasteiger partial charge in [0.05, 0.1) is 11.9 Å². The molecule has 0 aliphatic carbocycles. The van der Waals surface area contributed by atoms with E-state index in [0.717, 1.165) is 37.2 Å². The fraction of sp³-hybridized carbons (Fsp3) is 0.304. The van der Waals surface area contributed by atoms with E-state index in [0.29, 0.717) is 17.3 Å². The van der Waals surface area contributed by atoms with Crippen molar-refractivity contribution in [3.8, 4) is 11.1 Å². The van der Waals surface area contributed by atoms with Crippen molar-refractivity contribution in [1.29, 1.82) is 0 Å². The quantitative estimate of drug-likeness (QED) is 0.654. The molecule has 0 bridgehead atoms. The third-order valence-corrected chi connectivity index (χ3v) is 4.60. The van der Waals surface area contributed by atoms with Crippen LogP contribution in [0.3, 0.4) is 0 Å². The van der Waals surface area contributed by atoms with Crippen LogP contribution in [0.4, 0.5) is 11.6 Å². The van der Waals surface area contributed by atoms with Crippen LogP contribution in [-0.2, 0) is 4.74 Å². The van der Waals surface area contributed by atoms with E-state index in [2.05, 4.69) is 25.6 Å². The smallest absolute Gasteiger partial charge is 0.274 e. The Morgan fingerprint density at radius 3 is 2.57 bits per heavy atom. The predicted octanol–water partition coefficient (Wildman–Crippen LogP) is 4.41. The van der Waals surface area contributed by atoms with Gasteiger partial charge < -0.3 is 15.4 Å². The Labute approximate surface area is 176 Å². The van der Waals surface area contributed by atoms with Gasteiger partial charge in [-0.1, -0.05) is 44.2 Å². The van der Waals surface area contributed by atoms with E-state index in [1.165, 1.54) is 0 Å². The first kappa shape index (κ1) is 21.4. The van der Waals surface area contributed by atoms with Crippen molar-refractivity contribution < 1.29 is 9.53 Å². The lowest BCUT2D eigenvalue weighted by Crippen LogP contribution is -2.29. The van der Waals surface area contributed by atoms with E-state index in [4.69, 9.17) is 4.74 Å². The Hall–Kier alpha value is -3.32. The van der Waals surface area contributed by atoms with E-state index < -0.39 is 0 Å². The number of aromatic nitrogens is 3. The maximum Gasteiger partial charge on any atom is 0.274 e. The van der Waals surface area contributed by atoms with Crippen LogP contribution in [0.5, 0.6) is 0 Å². The number of pyridine rings is 1. The van der Waals surface area contributed by atoms with E-state index in [1.54, 1.807) is 24.7 Å². The molecule has 156 valence electrons. The lowest BCUT2D eigenvalue weighted by Gasteiger charge is -2.23. The largest absolute Gasteiger partial charge is 0.381 e. The van der Waals surface area contributed by atoms with E-state index in [1.807, 2.05) is 50.2 Å². The second-order valence-electron chi connectivity index (χ2n) is 6.54. The molecule has 1 aliphatic heterocycles. The molecule has 7 heteroatoms.